The molecule has 262 valence electrons. The van der Waals surface area contributed by atoms with Crippen LogP contribution in [0.4, 0.5) is 0 Å². The van der Waals surface area contributed by atoms with Crippen molar-refractivity contribution in [3.63, 3.8) is 0 Å². The summed E-state index contributed by atoms with van der Waals surface area (Å²) < 4.78 is 77.5. The van der Waals surface area contributed by atoms with E-state index in [1.807, 2.05) is 0 Å². The van der Waals surface area contributed by atoms with Crippen LogP contribution in [0.3, 0.4) is 0 Å². The van der Waals surface area contributed by atoms with Gasteiger partial charge in [-0.3, -0.25) is 18.7 Å². The molecule has 0 fully saturated rings. The number of carbonyl (C=O) groups excluding carboxylic acids is 2. The molecule has 46 heavy (non-hydrogen) atoms. The minimum atomic E-state index is -3.76. The molecule has 1 aliphatic heterocycles. The number of imide groups is 1. The van der Waals surface area contributed by atoms with Crippen LogP contribution in [0.5, 0.6) is 0 Å². The monoisotopic (exact) mass is 677 g/mol. The average Bonchev–Trinajstić information content (AvgIpc) is 3.38. The molecule has 0 saturated carbocycles. The second-order valence-corrected chi connectivity index (χ2v) is 10.9. The van der Waals surface area contributed by atoms with Crippen LogP contribution >= 0.6 is 0 Å². The molecule has 16 heteroatoms. The zero-order valence-corrected chi connectivity index (χ0v) is 27.1. The van der Waals surface area contributed by atoms with Gasteiger partial charge in [0.05, 0.1) is 137 Å². The summed E-state index contributed by atoms with van der Waals surface area (Å²) in [5, 5.41) is 0. The third kappa shape index (κ3) is 20.0. The summed E-state index contributed by atoms with van der Waals surface area (Å²) in [6.45, 7) is 7.36. The maximum absolute atomic E-state index is 12.0. The lowest BCUT2D eigenvalue weighted by Crippen LogP contribution is -2.33. The Morgan fingerprint density at radius 3 is 1.09 bits per heavy atom. The van der Waals surface area contributed by atoms with Crippen molar-refractivity contribution >= 4 is 21.9 Å². The van der Waals surface area contributed by atoms with Gasteiger partial charge in [-0.05, 0) is 12.1 Å². The number of carbonyl (C=O) groups is 2. The largest absolute Gasteiger partial charge is 0.377 e. The van der Waals surface area contributed by atoms with E-state index in [-0.39, 0.29) is 43.1 Å². The zero-order chi connectivity index (χ0) is 33.0. The zero-order valence-electron chi connectivity index (χ0n) is 26.3. The predicted molar refractivity (Wildman–Crippen MR) is 163 cm³/mol. The minimum Gasteiger partial charge on any atom is -0.377 e. The highest BCUT2D eigenvalue weighted by Crippen LogP contribution is 2.10. The number of hydrogen-bond acceptors (Lipinski definition) is 14. The third-order valence-corrected chi connectivity index (χ3v) is 7.16. The Balaban J connectivity index is 1.18. The van der Waals surface area contributed by atoms with Gasteiger partial charge < -0.3 is 42.6 Å². The van der Waals surface area contributed by atoms with Crippen molar-refractivity contribution in [2.75, 3.05) is 132 Å². The van der Waals surface area contributed by atoms with Crippen LogP contribution in [0.2, 0.25) is 0 Å². The van der Waals surface area contributed by atoms with Gasteiger partial charge in [0.15, 0.2) is 0 Å². The molecule has 0 spiro atoms. The summed E-state index contributed by atoms with van der Waals surface area (Å²) in [6, 6.07) is 7.95. The molecule has 0 bridgehead atoms. The quantitative estimate of drug-likeness (QED) is 0.0587. The third-order valence-electron chi connectivity index (χ3n) is 5.83. The van der Waals surface area contributed by atoms with E-state index >= 15 is 0 Å². The van der Waals surface area contributed by atoms with E-state index in [9.17, 15) is 18.0 Å². The Morgan fingerprint density at radius 2 is 0.739 bits per heavy atom. The van der Waals surface area contributed by atoms with Gasteiger partial charge in [-0.1, -0.05) is 18.2 Å². The first-order valence-electron chi connectivity index (χ1n) is 15.2. The smallest absolute Gasteiger partial charge is 0.297 e. The first-order valence-corrected chi connectivity index (χ1v) is 16.6. The second-order valence-electron chi connectivity index (χ2n) is 9.26. The number of rotatable bonds is 32. The fraction of sp³-hybridized carbons (Fsp3) is 0.667. The first kappa shape index (κ1) is 39.8. The van der Waals surface area contributed by atoms with Gasteiger partial charge in [-0.2, -0.15) is 8.42 Å². The van der Waals surface area contributed by atoms with Gasteiger partial charge in [0, 0.05) is 12.2 Å². The van der Waals surface area contributed by atoms with E-state index in [1.165, 1.54) is 24.3 Å². The Kier molecular flexibility index (Phi) is 23.1. The van der Waals surface area contributed by atoms with Crippen molar-refractivity contribution in [1.29, 1.82) is 0 Å². The summed E-state index contributed by atoms with van der Waals surface area (Å²) >= 11 is 0. The molecular weight excluding hydrogens is 630 g/mol. The van der Waals surface area contributed by atoms with E-state index < -0.39 is 10.1 Å². The Bertz CT molecular complexity index is 1040. The van der Waals surface area contributed by atoms with E-state index in [2.05, 4.69) is 0 Å². The molecule has 2 amide bonds. The highest BCUT2D eigenvalue weighted by atomic mass is 32.2. The number of ether oxygens (including phenoxy) is 9. The lowest BCUT2D eigenvalue weighted by atomic mass is 10.4. The number of nitrogens with zero attached hydrogens (tertiary/aromatic N) is 1. The summed E-state index contributed by atoms with van der Waals surface area (Å²) in [5.74, 6) is -0.628. The molecule has 15 nitrogen and oxygen atoms in total. The summed E-state index contributed by atoms with van der Waals surface area (Å²) in [5.41, 5.74) is 0. The van der Waals surface area contributed by atoms with Gasteiger partial charge in [-0.25, -0.2) is 0 Å². The fourth-order valence-electron chi connectivity index (χ4n) is 3.53. The molecule has 0 saturated heterocycles. The van der Waals surface area contributed by atoms with Gasteiger partial charge in [0.2, 0.25) is 0 Å². The topological polar surface area (TPSA) is 164 Å². The Morgan fingerprint density at radius 1 is 0.435 bits per heavy atom. The van der Waals surface area contributed by atoms with Crippen molar-refractivity contribution in [3.8, 4) is 0 Å². The molecule has 0 aliphatic carbocycles. The number of benzene rings is 1. The van der Waals surface area contributed by atoms with Gasteiger partial charge in [-0.15, -0.1) is 0 Å². The highest BCUT2D eigenvalue weighted by Gasteiger charge is 2.22. The van der Waals surface area contributed by atoms with Crippen molar-refractivity contribution < 1.29 is 64.8 Å². The summed E-state index contributed by atoms with van der Waals surface area (Å²) in [4.78, 5) is 24.0. The lowest BCUT2D eigenvalue weighted by Gasteiger charge is -2.13. The molecule has 1 aliphatic rings. The van der Waals surface area contributed by atoms with Crippen LogP contribution in [0.1, 0.15) is 0 Å². The van der Waals surface area contributed by atoms with Crippen LogP contribution in [0.25, 0.3) is 0 Å². The number of amides is 2. The number of hydrogen-bond donors (Lipinski definition) is 0. The molecule has 1 heterocycles. The molecule has 0 atom stereocenters. The van der Waals surface area contributed by atoms with E-state index in [0.717, 1.165) is 4.90 Å². The molecule has 0 unspecified atom stereocenters. The van der Waals surface area contributed by atoms with Crippen molar-refractivity contribution in [3.05, 3.63) is 42.5 Å². The van der Waals surface area contributed by atoms with Crippen LogP contribution in [0.15, 0.2) is 47.4 Å². The van der Waals surface area contributed by atoms with E-state index in [0.29, 0.717) is 106 Å². The maximum Gasteiger partial charge on any atom is 0.297 e. The second kappa shape index (κ2) is 26.7. The van der Waals surface area contributed by atoms with Crippen LogP contribution in [0, 0.1) is 0 Å². The van der Waals surface area contributed by atoms with Crippen LogP contribution in [-0.4, -0.2) is 157 Å². The Labute approximate surface area is 271 Å². The molecule has 1 aromatic carbocycles. The van der Waals surface area contributed by atoms with Crippen molar-refractivity contribution in [2.45, 2.75) is 4.90 Å². The molecule has 1 aromatic rings. The molecule has 0 radical (unpaired) electrons. The van der Waals surface area contributed by atoms with Crippen molar-refractivity contribution in [1.82, 2.24) is 4.90 Å². The van der Waals surface area contributed by atoms with Crippen LogP contribution in [-0.2, 0) is 66.5 Å². The fourth-order valence-corrected chi connectivity index (χ4v) is 4.44. The predicted octanol–water partition coefficient (Wildman–Crippen LogP) is 0.466. The van der Waals surface area contributed by atoms with Crippen molar-refractivity contribution in [2.24, 2.45) is 0 Å². The SMILES string of the molecule is O=C1C=CC(=O)N1CCOCCOCCOCCOCCOCCOCCOCCOCCOCCOS(=O)(=O)c1ccccc1. The molecule has 0 N–H and O–H groups in total. The maximum atomic E-state index is 12.0. The average molecular weight is 678 g/mol. The van der Waals surface area contributed by atoms with E-state index in [4.69, 9.17) is 46.8 Å². The van der Waals surface area contributed by atoms with Crippen LogP contribution < -0.4 is 0 Å². The van der Waals surface area contributed by atoms with Gasteiger partial charge in [0.25, 0.3) is 21.9 Å². The van der Waals surface area contributed by atoms with Gasteiger partial charge >= 0.3 is 0 Å². The lowest BCUT2D eigenvalue weighted by molar-refractivity contribution is -0.137. The normalized spacial score (nSPS) is 13.3. The minimum absolute atomic E-state index is 0.0659. The summed E-state index contributed by atoms with van der Waals surface area (Å²) in [7, 11) is -3.76. The Hall–Kier alpha value is -2.35. The molecule has 0 aromatic heterocycles. The molecular formula is C30H47NO14S. The standard InChI is InChI=1S/C30H47NO14S/c32-29-6-7-30(33)31(29)8-9-36-10-11-37-12-13-38-14-15-39-16-17-40-18-19-41-20-21-42-22-23-43-24-25-44-26-27-45-46(34,35)28-4-2-1-3-5-28/h1-7H,8-27H2. The molecule has 2 rings (SSSR count). The highest BCUT2D eigenvalue weighted by molar-refractivity contribution is 7.86. The first-order chi connectivity index (χ1) is 22.5. The van der Waals surface area contributed by atoms with Gasteiger partial charge in [0.1, 0.15) is 0 Å². The summed E-state index contributed by atoms with van der Waals surface area (Å²) in [6.07, 6.45) is 2.50. The van der Waals surface area contributed by atoms with E-state index in [1.54, 1.807) is 18.2 Å².